The first-order chi connectivity index (χ1) is 5.79. The average molecular weight is 195 g/mol. The minimum atomic E-state index is -4.06. The van der Waals surface area contributed by atoms with Gasteiger partial charge in [-0.25, -0.2) is 0 Å². The van der Waals surface area contributed by atoms with Crippen LogP contribution in [0.1, 0.15) is 20.3 Å². The van der Waals surface area contributed by atoms with Crippen LogP contribution in [0.4, 0.5) is 13.2 Å². The third-order valence-electron chi connectivity index (χ3n) is 3.16. The Bertz CT molecular complexity index is 188. The molecule has 78 valence electrons. The topological polar surface area (TPSA) is 3.24 Å². The van der Waals surface area contributed by atoms with Crippen molar-refractivity contribution in [1.29, 1.82) is 0 Å². The van der Waals surface area contributed by atoms with Gasteiger partial charge in [-0.15, -0.1) is 0 Å². The predicted octanol–water partition coefficient (Wildman–Crippen LogP) is 2.53. The second kappa shape index (κ2) is 3.15. The second-order valence-corrected chi connectivity index (χ2v) is 4.30. The molecule has 0 N–H and O–H groups in total. The Hall–Kier alpha value is -0.250. The minimum absolute atomic E-state index is 0.147. The third kappa shape index (κ3) is 1.68. The Morgan fingerprint density at radius 1 is 1.31 bits per heavy atom. The molecule has 1 atom stereocenters. The van der Waals surface area contributed by atoms with Crippen molar-refractivity contribution in [2.45, 2.75) is 26.4 Å². The van der Waals surface area contributed by atoms with Crippen molar-refractivity contribution in [2.24, 2.45) is 11.3 Å². The summed E-state index contributed by atoms with van der Waals surface area (Å²) >= 11 is 0. The predicted molar refractivity (Wildman–Crippen MR) is 45.4 cm³/mol. The Morgan fingerprint density at radius 2 is 1.85 bits per heavy atom. The van der Waals surface area contributed by atoms with Crippen LogP contribution < -0.4 is 0 Å². The molecule has 0 saturated carbocycles. The molecule has 1 aliphatic heterocycles. The summed E-state index contributed by atoms with van der Waals surface area (Å²) in [5.74, 6) is -0.336. The van der Waals surface area contributed by atoms with Crippen LogP contribution in [0.3, 0.4) is 0 Å². The molecule has 0 amide bonds. The molecule has 1 saturated heterocycles. The van der Waals surface area contributed by atoms with Gasteiger partial charge < -0.3 is 4.90 Å². The minimum Gasteiger partial charge on any atom is -0.305 e. The van der Waals surface area contributed by atoms with Gasteiger partial charge in [-0.2, -0.15) is 13.2 Å². The number of nitrogens with zero attached hydrogens (tertiary/aromatic N) is 1. The highest BCUT2D eigenvalue weighted by Crippen LogP contribution is 2.50. The number of likely N-dealkylation sites (tertiary alicyclic amines) is 1. The van der Waals surface area contributed by atoms with E-state index in [0.29, 0.717) is 6.54 Å². The molecule has 1 heterocycles. The van der Waals surface area contributed by atoms with Gasteiger partial charge in [0.2, 0.25) is 0 Å². The summed E-state index contributed by atoms with van der Waals surface area (Å²) in [5, 5.41) is 0. The zero-order chi connectivity index (χ0) is 10.3. The largest absolute Gasteiger partial charge is 0.396 e. The number of hydrogen-bond acceptors (Lipinski definition) is 1. The van der Waals surface area contributed by atoms with E-state index in [1.807, 2.05) is 0 Å². The average Bonchev–Trinajstić information content (AvgIpc) is 2.30. The Labute approximate surface area is 76.9 Å². The highest BCUT2D eigenvalue weighted by molar-refractivity contribution is 4.96. The Balaban J connectivity index is 2.90. The van der Waals surface area contributed by atoms with E-state index in [-0.39, 0.29) is 18.9 Å². The standard InChI is InChI=1S/C9H16F3N/c1-7(2)8(9(10,11)12)4-5-13(3)6-8/h7H,4-6H2,1-3H3. The smallest absolute Gasteiger partial charge is 0.305 e. The lowest BCUT2D eigenvalue weighted by Gasteiger charge is -2.35. The molecule has 0 aromatic heterocycles. The number of rotatable bonds is 1. The van der Waals surface area contributed by atoms with Gasteiger partial charge in [0.1, 0.15) is 0 Å². The number of halogens is 3. The highest BCUT2D eigenvalue weighted by atomic mass is 19.4. The first-order valence-corrected chi connectivity index (χ1v) is 4.55. The summed E-state index contributed by atoms with van der Waals surface area (Å²) in [7, 11) is 1.75. The SMILES string of the molecule is CC(C)C1(C(F)(F)F)CCN(C)C1. The van der Waals surface area contributed by atoms with Crippen LogP contribution >= 0.6 is 0 Å². The van der Waals surface area contributed by atoms with Gasteiger partial charge >= 0.3 is 6.18 Å². The van der Waals surface area contributed by atoms with E-state index in [1.54, 1.807) is 25.8 Å². The normalized spacial score (nSPS) is 31.6. The quantitative estimate of drug-likeness (QED) is 0.621. The van der Waals surface area contributed by atoms with Crippen molar-refractivity contribution in [1.82, 2.24) is 4.90 Å². The van der Waals surface area contributed by atoms with E-state index < -0.39 is 11.6 Å². The van der Waals surface area contributed by atoms with Crippen LogP contribution in [0.2, 0.25) is 0 Å². The molecule has 1 nitrogen and oxygen atoms in total. The molecule has 0 radical (unpaired) electrons. The summed E-state index contributed by atoms with van der Waals surface area (Å²) in [4.78, 5) is 1.76. The molecule has 1 aliphatic rings. The Kier molecular flexibility index (Phi) is 2.63. The fourth-order valence-electron chi connectivity index (χ4n) is 2.06. The molecule has 0 spiro atoms. The molecule has 0 aromatic rings. The molecule has 1 rings (SSSR count). The molecule has 0 aromatic carbocycles. The van der Waals surface area contributed by atoms with Gasteiger partial charge in [0.05, 0.1) is 5.41 Å². The van der Waals surface area contributed by atoms with E-state index in [2.05, 4.69) is 0 Å². The zero-order valence-corrected chi connectivity index (χ0v) is 8.28. The maximum absolute atomic E-state index is 12.8. The van der Waals surface area contributed by atoms with Crippen molar-refractivity contribution in [3.63, 3.8) is 0 Å². The third-order valence-corrected chi connectivity index (χ3v) is 3.16. The van der Waals surface area contributed by atoms with Crippen LogP contribution in [0, 0.1) is 11.3 Å². The van der Waals surface area contributed by atoms with Crippen molar-refractivity contribution >= 4 is 0 Å². The lowest BCUT2D eigenvalue weighted by Crippen LogP contribution is -2.44. The van der Waals surface area contributed by atoms with E-state index >= 15 is 0 Å². The van der Waals surface area contributed by atoms with Crippen LogP contribution in [0.5, 0.6) is 0 Å². The molecule has 4 heteroatoms. The second-order valence-electron chi connectivity index (χ2n) is 4.30. The zero-order valence-electron chi connectivity index (χ0n) is 8.28. The summed E-state index contributed by atoms with van der Waals surface area (Å²) < 4.78 is 38.4. The Morgan fingerprint density at radius 3 is 2.00 bits per heavy atom. The van der Waals surface area contributed by atoms with E-state index in [4.69, 9.17) is 0 Å². The summed E-state index contributed by atoms with van der Waals surface area (Å²) in [5.41, 5.74) is -1.47. The van der Waals surface area contributed by atoms with Crippen molar-refractivity contribution in [3.8, 4) is 0 Å². The van der Waals surface area contributed by atoms with Crippen LogP contribution in [-0.2, 0) is 0 Å². The summed E-state index contributed by atoms with van der Waals surface area (Å²) in [6.45, 7) is 4.02. The first kappa shape index (κ1) is 10.8. The van der Waals surface area contributed by atoms with Crippen molar-refractivity contribution < 1.29 is 13.2 Å². The molecule has 0 bridgehead atoms. The fraction of sp³-hybridized carbons (Fsp3) is 1.00. The van der Waals surface area contributed by atoms with Crippen LogP contribution in [0.15, 0.2) is 0 Å². The maximum atomic E-state index is 12.8. The monoisotopic (exact) mass is 195 g/mol. The van der Waals surface area contributed by atoms with Gasteiger partial charge in [-0.1, -0.05) is 13.8 Å². The molecule has 0 aliphatic carbocycles. The molecular weight excluding hydrogens is 179 g/mol. The molecule has 13 heavy (non-hydrogen) atoms. The summed E-state index contributed by atoms with van der Waals surface area (Å²) in [6.07, 6.45) is -3.82. The maximum Gasteiger partial charge on any atom is 0.396 e. The van der Waals surface area contributed by atoms with Gasteiger partial charge in [0.25, 0.3) is 0 Å². The number of hydrogen-bond donors (Lipinski definition) is 0. The molecular formula is C9H16F3N. The lowest BCUT2D eigenvalue weighted by molar-refractivity contribution is -0.234. The van der Waals surface area contributed by atoms with Crippen LogP contribution in [0.25, 0.3) is 0 Å². The van der Waals surface area contributed by atoms with Crippen molar-refractivity contribution in [2.75, 3.05) is 20.1 Å². The van der Waals surface area contributed by atoms with Gasteiger partial charge in [-0.3, -0.25) is 0 Å². The molecule has 1 unspecified atom stereocenters. The van der Waals surface area contributed by atoms with E-state index in [1.165, 1.54) is 0 Å². The van der Waals surface area contributed by atoms with Crippen LogP contribution in [-0.4, -0.2) is 31.2 Å². The van der Waals surface area contributed by atoms with Gasteiger partial charge in [0, 0.05) is 6.54 Å². The van der Waals surface area contributed by atoms with Gasteiger partial charge in [-0.05, 0) is 25.9 Å². The number of alkyl halides is 3. The fourth-order valence-corrected chi connectivity index (χ4v) is 2.06. The van der Waals surface area contributed by atoms with Crippen molar-refractivity contribution in [3.05, 3.63) is 0 Å². The highest BCUT2D eigenvalue weighted by Gasteiger charge is 2.58. The first-order valence-electron chi connectivity index (χ1n) is 4.55. The summed E-state index contributed by atoms with van der Waals surface area (Å²) in [6, 6.07) is 0. The van der Waals surface area contributed by atoms with E-state index in [0.717, 1.165) is 0 Å². The van der Waals surface area contributed by atoms with E-state index in [9.17, 15) is 13.2 Å². The molecule has 1 fully saturated rings. The lowest BCUT2D eigenvalue weighted by atomic mass is 9.76. The van der Waals surface area contributed by atoms with Gasteiger partial charge in [0.15, 0.2) is 0 Å².